The highest BCUT2D eigenvalue weighted by Crippen LogP contribution is 2.23. The molecule has 6 nitrogen and oxygen atoms in total. The Morgan fingerprint density at radius 1 is 1.60 bits per heavy atom. The zero-order valence-corrected chi connectivity index (χ0v) is 12.4. The number of hydrogen-bond acceptors (Lipinski definition) is 5. The number of ether oxygens (including phenoxy) is 1. The van der Waals surface area contributed by atoms with Crippen LogP contribution in [0.4, 0.5) is 11.4 Å². The Hall–Kier alpha value is -1.34. The monoisotopic (exact) mass is 301 g/mol. The van der Waals surface area contributed by atoms with E-state index in [1.165, 1.54) is 7.11 Å². The molecule has 1 rings (SSSR count). The second-order valence-electron chi connectivity index (χ2n) is 4.59. The number of amides is 1. The molecule has 0 bridgehead atoms. The number of likely N-dealkylation sites (N-methyl/N-ethyl adjacent to an activating group) is 1. The number of anilines is 2. The zero-order valence-electron chi connectivity index (χ0n) is 11.6. The highest BCUT2D eigenvalue weighted by molar-refractivity contribution is 6.34. The van der Waals surface area contributed by atoms with Crippen LogP contribution in [-0.2, 0) is 9.53 Å². The number of hydrogen-bond donors (Lipinski definition) is 3. The highest BCUT2D eigenvalue weighted by atomic mass is 35.5. The lowest BCUT2D eigenvalue weighted by Crippen LogP contribution is -2.37. The van der Waals surface area contributed by atoms with Crippen molar-refractivity contribution < 1.29 is 14.6 Å². The van der Waals surface area contributed by atoms with E-state index in [0.717, 1.165) is 0 Å². The molecule has 4 N–H and O–H groups in total. The molecule has 0 spiro atoms. The van der Waals surface area contributed by atoms with Gasteiger partial charge in [-0.25, -0.2) is 0 Å². The Labute approximate surface area is 123 Å². The van der Waals surface area contributed by atoms with Gasteiger partial charge in [-0.3, -0.25) is 9.69 Å². The van der Waals surface area contributed by atoms with E-state index in [-0.39, 0.29) is 19.1 Å². The van der Waals surface area contributed by atoms with E-state index < -0.39 is 6.10 Å². The lowest BCUT2D eigenvalue weighted by molar-refractivity contribution is -0.117. The van der Waals surface area contributed by atoms with Gasteiger partial charge in [0.05, 0.1) is 30.0 Å². The first-order valence-corrected chi connectivity index (χ1v) is 6.50. The van der Waals surface area contributed by atoms with Crippen molar-refractivity contribution >= 4 is 28.9 Å². The van der Waals surface area contributed by atoms with Crippen LogP contribution in [0.25, 0.3) is 0 Å². The topological polar surface area (TPSA) is 87.8 Å². The molecule has 0 aromatic heterocycles. The number of nitrogen functional groups attached to an aromatic ring is 1. The van der Waals surface area contributed by atoms with Crippen LogP contribution in [0.2, 0.25) is 5.02 Å². The van der Waals surface area contributed by atoms with Crippen LogP contribution in [-0.4, -0.2) is 55.9 Å². The van der Waals surface area contributed by atoms with Gasteiger partial charge in [0.1, 0.15) is 0 Å². The molecule has 7 heteroatoms. The fraction of sp³-hybridized carbons (Fsp3) is 0.462. The molecule has 0 saturated carbocycles. The fourth-order valence-electron chi connectivity index (χ4n) is 1.74. The van der Waals surface area contributed by atoms with Gasteiger partial charge in [-0.1, -0.05) is 11.6 Å². The number of nitrogens with zero attached hydrogens (tertiary/aromatic N) is 1. The van der Waals surface area contributed by atoms with Crippen molar-refractivity contribution in [2.75, 3.05) is 44.9 Å². The number of nitrogens with one attached hydrogen (secondary N) is 1. The Balaban J connectivity index is 2.46. The van der Waals surface area contributed by atoms with Crippen LogP contribution < -0.4 is 11.1 Å². The molecule has 1 aromatic carbocycles. The van der Waals surface area contributed by atoms with Crippen molar-refractivity contribution in [3.8, 4) is 0 Å². The SMILES string of the molecule is COCC(O)CN(C)CC(=O)Nc1ccc(N)cc1Cl. The first-order valence-electron chi connectivity index (χ1n) is 6.12. The van der Waals surface area contributed by atoms with Crippen molar-refractivity contribution in [2.24, 2.45) is 0 Å². The largest absolute Gasteiger partial charge is 0.399 e. The standard InChI is InChI=1S/C13H20ClN3O3/c1-17(6-10(18)8-20-2)7-13(19)16-12-4-3-9(15)5-11(12)14/h3-5,10,18H,6-8,15H2,1-2H3,(H,16,19). The molecular formula is C13H20ClN3O3. The Bertz CT molecular complexity index is 456. The molecule has 0 aliphatic heterocycles. The number of aliphatic hydroxyl groups excluding tert-OH is 1. The van der Waals surface area contributed by atoms with Crippen molar-refractivity contribution in [3.63, 3.8) is 0 Å². The second-order valence-corrected chi connectivity index (χ2v) is 5.00. The molecular weight excluding hydrogens is 282 g/mol. The fourth-order valence-corrected chi connectivity index (χ4v) is 1.97. The summed E-state index contributed by atoms with van der Waals surface area (Å²) in [4.78, 5) is 13.5. The van der Waals surface area contributed by atoms with Crippen LogP contribution in [0, 0.1) is 0 Å². The molecule has 0 radical (unpaired) electrons. The average molecular weight is 302 g/mol. The van der Waals surface area contributed by atoms with Crippen LogP contribution in [0.1, 0.15) is 0 Å². The van der Waals surface area contributed by atoms with Gasteiger partial charge in [0.25, 0.3) is 0 Å². The summed E-state index contributed by atoms with van der Waals surface area (Å²) in [6.07, 6.45) is -0.627. The van der Waals surface area contributed by atoms with Gasteiger partial charge in [-0.2, -0.15) is 0 Å². The third-order valence-electron chi connectivity index (χ3n) is 2.56. The predicted octanol–water partition coefficient (Wildman–Crippen LogP) is 0.800. The van der Waals surface area contributed by atoms with Gasteiger partial charge < -0.3 is 20.9 Å². The molecule has 1 aromatic rings. The van der Waals surface area contributed by atoms with Gasteiger partial charge in [-0.05, 0) is 25.2 Å². The van der Waals surface area contributed by atoms with E-state index in [4.69, 9.17) is 22.1 Å². The zero-order chi connectivity index (χ0) is 15.1. The van der Waals surface area contributed by atoms with Crippen LogP contribution in [0.3, 0.4) is 0 Å². The molecule has 0 heterocycles. The number of halogens is 1. The minimum Gasteiger partial charge on any atom is -0.399 e. The van der Waals surface area contributed by atoms with Crippen LogP contribution in [0.15, 0.2) is 18.2 Å². The molecule has 1 amide bonds. The maximum Gasteiger partial charge on any atom is 0.238 e. The number of aliphatic hydroxyl groups is 1. The van der Waals surface area contributed by atoms with E-state index in [2.05, 4.69) is 5.32 Å². The van der Waals surface area contributed by atoms with Gasteiger partial charge in [-0.15, -0.1) is 0 Å². The highest BCUT2D eigenvalue weighted by Gasteiger charge is 2.12. The smallest absolute Gasteiger partial charge is 0.238 e. The van der Waals surface area contributed by atoms with Crippen molar-refractivity contribution in [1.29, 1.82) is 0 Å². The molecule has 20 heavy (non-hydrogen) atoms. The summed E-state index contributed by atoms with van der Waals surface area (Å²) in [6, 6.07) is 4.88. The number of carbonyl (C=O) groups is 1. The summed E-state index contributed by atoms with van der Waals surface area (Å²) < 4.78 is 4.83. The summed E-state index contributed by atoms with van der Waals surface area (Å²) in [5, 5.41) is 12.6. The maximum atomic E-state index is 11.8. The number of nitrogens with two attached hydrogens (primary N) is 1. The summed E-state index contributed by atoms with van der Waals surface area (Å²) in [7, 11) is 3.25. The molecule has 0 aliphatic carbocycles. The molecule has 0 saturated heterocycles. The summed E-state index contributed by atoms with van der Waals surface area (Å²) in [6.45, 7) is 0.716. The Morgan fingerprint density at radius 3 is 2.90 bits per heavy atom. The van der Waals surface area contributed by atoms with Crippen molar-refractivity contribution in [3.05, 3.63) is 23.2 Å². The second kappa shape index (κ2) is 8.06. The normalized spacial score (nSPS) is 12.4. The van der Waals surface area contributed by atoms with Gasteiger partial charge in [0.2, 0.25) is 5.91 Å². The molecule has 0 fully saturated rings. The number of methoxy groups -OCH3 is 1. The van der Waals surface area contributed by atoms with E-state index >= 15 is 0 Å². The lowest BCUT2D eigenvalue weighted by atomic mass is 10.3. The van der Waals surface area contributed by atoms with Gasteiger partial charge in [0, 0.05) is 19.3 Å². The van der Waals surface area contributed by atoms with E-state index in [9.17, 15) is 9.90 Å². The van der Waals surface area contributed by atoms with Crippen LogP contribution >= 0.6 is 11.6 Å². The maximum absolute atomic E-state index is 11.8. The number of benzene rings is 1. The number of rotatable bonds is 7. The summed E-state index contributed by atoms with van der Waals surface area (Å²) in [5.74, 6) is -0.219. The Kier molecular flexibility index (Phi) is 6.74. The van der Waals surface area contributed by atoms with E-state index in [1.54, 1.807) is 30.1 Å². The molecule has 1 atom stereocenters. The van der Waals surface area contributed by atoms with Crippen molar-refractivity contribution in [1.82, 2.24) is 4.90 Å². The van der Waals surface area contributed by atoms with Crippen molar-refractivity contribution in [2.45, 2.75) is 6.10 Å². The lowest BCUT2D eigenvalue weighted by Gasteiger charge is -2.19. The van der Waals surface area contributed by atoms with Crippen LogP contribution in [0.5, 0.6) is 0 Å². The first-order chi connectivity index (χ1) is 9.42. The average Bonchev–Trinajstić information content (AvgIpc) is 2.32. The van der Waals surface area contributed by atoms with E-state index in [0.29, 0.717) is 22.9 Å². The summed E-state index contributed by atoms with van der Waals surface area (Å²) in [5.41, 5.74) is 6.62. The molecule has 112 valence electrons. The number of carbonyl (C=O) groups excluding carboxylic acids is 1. The first kappa shape index (κ1) is 16.7. The summed E-state index contributed by atoms with van der Waals surface area (Å²) >= 11 is 5.97. The van der Waals surface area contributed by atoms with Gasteiger partial charge in [0.15, 0.2) is 0 Å². The third kappa shape index (κ3) is 5.75. The molecule has 1 unspecified atom stereocenters. The predicted molar refractivity (Wildman–Crippen MR) is 79.9 cm³/mol. The molecule has 0 aliphatic rings. The van der Waals surface area contributed by atoms with Gasteiger partial charge >= 0.3 is 0 Å². The Morgan fingerprint density at radius 2 is 2.30 bits per heavy atom. The quantitative estimate of drug-likeness (QED) is 0.648. The minimum atomic E-state index is -0.627. The third-order valence-corrected chi connectivity index (χ3v) is 2.87. The van der Waals surface area contributed by atoms with E-state index in [1.807, 2.05) is 0 Å². The minimum absolute atomic E-state index is 0.140.